The van der Waals surface area contributed by atoms with Gasteiger partial charge in [-0.15, -0.1) is 0 Å². The number of hydrogen-bond acceptors (Lipinski definition) is 2. The molecular weight excluding hydrogens is 260 g/mol. The zero-order chi connectivity index (χ0) is 15.7. The number of esters is 1. The van der Waals surface area contributed by atoms with Crippen molar-refractivity contribution in [3.8, 4) is 0 Å². The molecule has 0 radical (unpaired) electrons. The lowest BCUT2D eigenvalue weighted by molar-refractivity contribution is -0.134. The molecule has 2 heteroatoms. The second-order valence-electron chi connectivity index (χ2n) is 4.81. The van der Waals surface area contributed by atoms with Crippen molar-refractivity contribution in [1.82, 2.24) is 0 Å². The van der Waals surface area contributed by atoms with Gasteiger partial charge in [-0.05, 0) is 43.4 Å². The van der Waals surface area contributed by atoms with Crippen molar-refractivity contribution in [3.63, 3.8) is 0 Å². The number of rotatable bonds is 8. The first-order valence-electron chi connectivity index (χ1n) is 6.98. The molecule has 0 bridgehead atoms. The van der Waals surface area contributed by atoms with Crippen LogP contribution < -0.4 is 0 Å². The lowest BCUT2D eigenvalue weighted by Gasteiger charge is -2.10. The van der Waals surface area contributed by atoms with Crippen LogP contribution in [0.4, 0.5) is 0 Å². The zero-order valence-corrected chi connectivity index (χ0v) is 12.6. The summed E-state index contributed by atoms with van der Waals surface area (Å²) in [5.41, 5.74) is 2.54. The summed E-state index contributed by atoms with van der Waals surface area (Å²) < 4.78 is 5.27. The third-order valence-electron chi connectivity index (χ3n) is 3.05. The number of carbonyl (C=O) groups excluding carboxylic acids is 1. The van der Waals surface area contributed by atoms with Gasteiger partial charge in [0.15, 0.2) is 0 Å². The average molecular weight is 282 g/mol. The molecule has 110 valence electrons. The van der Waals surface area contributed by atoms with Crippen molar-refractivity contribution in [2.75, 3.05) is 0 Å². The van der Waals surface area contributed by atoms with E-state index >= 15 is 0 Å². The van der Waals surface area contributed by atoms with E-state index in [-0.39, 0.29) is 0 Å². The highest BCUT2D eigenvalue weighted by atomic mass is 16.5. The number of ether oxygens (including phenoxy) is 1. The topological polar surface area (TPSA) is 26.3 Å². The Morgan fingerprint density at radius 2 is 1.86 bits per heavy atom. The first-order chi connectivity index (χ1) is 10.1. The molecule has 2 nitrogen and oxygen atoms in total. The van der Waals surface area contributed by atoms with Crippen molar-refractivity contribution in [3.05, 3.63) is 84.7 Å². The summed E-state index contributed by atoms with van der Waals surface area (Å²) in [6.07, 6.45) is 5.96. The predicted octanol–water partition coefficient (Wildman–Crippen LogP) is 4.75. The lowest BCUT2D eigenvalue weighted by Crippen LogP contribution is -2.05. The maximum Gasteiger partial charge on any atom is 0.338 e. The molecule has 0 spiro atoms. The second-order valence-corrected chi connectivity index (χ2v) is 4.81. The van der Waals surface area contributed by atoms with Crippen molar-refractivity contribution >= 4 is 5.97 Å². The zero-order valence-electron chi connectivity index (χ0n) is 12.6. The van der Waals surface area contributed by atoms with Crippen LogP contribution in [0.2, 0.25) is 0 Å². The van der Waals surface area contributed by atoms with Gasteiger partial charge in [-0.3, -0.25) is 0 Å². The maximum atomic E-state index is 11.6. The van der Waals surface area contributed by atoms with Gasteiger partial charge in [0, 0.05) is 5.57 Å². The molecule has 1 aromatic rings. The van der Waals surface area contributed by atoms with E-state index in [2.05, 4.69) is 31.9 Å². The molecule has 1 rings (SSSR count). The van der Waals surface area contributed by atoms with Gasteiger partial charge in [0.25, 0.3) is 0 Å². The van der Waals surface area contributed by atoms with Crippen LogP contribution in [-0.4, -0.2) is 5.97 Å². The lowest BCUT2D eigenvalue weighted by atomic mass is 10.0. The molecule has 0 unspecified atom stereocenters. The number of allylic oxidation sites excluding steroid dienone is 3. The normalized spacial score (nSPS) is 11.3. The summed E-state index contributed by atoms with van der Waals surface area (Å²) in [4.78, 5) is 11.6. The van der Waals surface area contributed by atoms with Gasteiger partial charge in [0.1, 0.15) is 5.76 Å². The number of hydrogen-bond donors (Lipinski definition) is 0. The highest BCUT2D eigenvalue weighted by Crippen LogP contribution is 2.18. The van der Waals surface area contributed by atoms with Gasteiger partial charge in [-0.1, -0.05) is 56.1 Å². The second kappa shape index (κ2) is 8.75. The van der Waals surface area contributed by atoms with E-state index in [1.165, 1.54) is 5.56 Å². The maximum absolute atomic E-state index is 11.6. The van der Waals surface area contributed by atoms with E-state index in [1.807, 2.05) is 18.2 Å². The molecule has 0 amide bonds. The first kappa shape index (κ1) is 16.7. The van der Waals surface area contributed by atoms with E-state index in [0.717, 1.165) is 24.8 Å². The minimum absolute atomic E-state index is 0.363. The number of aryl methyl sites for hydroxylation is 1. The first-order valence-corrected chi connectivity index (χ1v) is 6.98. The molecule has 0 aliphatic carbocycles. The largest absolute Gasteiger partial charge is 0.423 e. The summed E-state index contributed by atoms with van der Waals surface area (Å²) in [7, 11) is 0. The Bertz CT molecular complexity index is 550. The van der Waals surface area contributed by atoms with E-state index in [9.17, 15) is 4.79 Å². The van der Waals surface area contributed by atoms with Crippen molar-refractivity contribution < 1.29 is 9.53 Å². The van der Waals surface area contributed by atoms with E-state index in [1.54, 1.807) is 19.1 Å². The number of benzene rings is 1. The fourth-order valence-electron chi connectivity index (χ4n) is 1.88. The smallest absolute Gasteiger partial charge is 0.338 e. The summed E-state index contributed by atoms with van der Waals surface area (Å²) in [6, 6.07) is 10.3. The van der Waals surface area contributed by atoms with Crippen LogP contribution in [0.1, 0.15) is 25.3 Å². The Morgan fingerprint density at radius 3 is 2.38 bits per heavy atom. The standard InChI is InChI=1S/C19H22O2/c1-5-17(18(6-2)21-19(20)15(3)4)14-10-13-16-11-8-7-9-12-16/h5-9,11-12H,1-3,10,13-14H2,4H3. The average Bonchev–Trinajstić information content (AvgIpc) is 2.50. The van der Waals surface area contributed by atoms with Crippen LogP contribution in [0.15, 0.2) is 79.1 Å². The Hall–Kier alpha value is -2.35. The minimum Gasteiger partial charge on any atom is -0.423 e. The van der Waals surface area contributed by atoms with E-state index < -0.39 is 5.97 Å². The molecule has 0 N–H and O–H groups in total. The van der Waals surface area contributed by atoms with Crippen LogP contribution in [0.3, 0.4) is 0 Å². The van der Waals surface area contributed by atoms with Crippen molar-refractivity contribution in [2.45, 2.75) is 26.2 Å². The Balaban J connectivity index is 2.68. The molecule has 0 aromatic heterocycles. The molecule has 0 saturated carbocycles. The molecule has 0 saturated heterocycles. The van der Waals surface area contributed by atoms with Crippen molar-refractivity contribution in [2.24, 2.45) is 0 Å². The third kappa shape index (κ3) is 5.65. The fourth-order valence-corrected chi connectivity index (χ4v) is 1.88. The summed E-state index contributed by atoms with van der Waals surface area (Å²) in [5.74, 6) is 0.0263. The van der Waals surface area contributed by atoms with Crippen LogP contribution in [-0.2, 0) is 16.0 Å². The fraction of sp³-hybridized carbons (Fsp3) is 0.211. The van der Waals surface area contributed by atoms with E-state index in [4.69, 9.17) is 4.74 Å². The summed E-state index contributed by atoms with van der Waals surface area (Å²) in [5, 5.41) is 0. The molecule has 0 fully saturated rings. The van der Waals surface area contributed by atoms with Gasteiger partial charge in [0.05, 0.1) is 0 Å². The Morgan fingerprint density at radius 1 is 1.19 bits per heavy atom. The molecule has 0 atom stereocenters. The van der Waals surface area contributed by atoms with Gasteiger partial charge in [-0.25, -0.2) is 4.79 Å². The predicted molar refractivity (Wildman–Crippen MR) is 87.7 cm³/mol. The molecule has 21 heavy (non-hydrogen) atoms. The summed E-state index contributed by atoms with van der Waals surface area (Å²) >= 11 is 0. The van der Waals surface area contributed by atoms with Gasteiger partial charge in [-0.2, -0.15) is 0 Å². The highest BCUT2D eigenvalue weighted by Gasteiger charge is 2.09. The van der Waals surface area contributed by atoms with Crippen molar-refractivity contribution in [1.29, 1.82) is 0 Å². The van der Waals surface area contributed by atoms with E-state index in [0.29, 0.717) is 11.3 Å². The minimum atomic E-state index is -0.438. The van der Waals surface area contributed by atoms with Gasteiger partial charge >= 0.3 is 5.97 Å². The molecule has 0 heterocycles. The van der Waals surface area contributed by atoms with Gasteiger partial charge in [0.2, 0.25) is 0 Å². The SMILES string of the molecule is C=CC(CCCc1ccccc1)=C(C=C)OC(=O)C(=C)C. The molecule has 1 aromatic carbocycles. The molecule has 0 aliphatic heterocycles. The van der Waals surface area contributed by atoms with Crippen LogP contribution in [0.5, 0.6) is 0 Å². The van der Waals surface area contributed by atoms with Crippen LogP contribution in [0.25, 0.3) is 0 Å². The molecular formula is C19H22O2. The Labute approximate surface area is 127 Å². The summed E-state index contributed by atoms with van der Waals surface area (Å²) in [6.45, 7) is 12.7. The number of carbonyl (C=O) groups is 1. The molecule has 0 aliphatic rings. The Kier molecular flexibility index (Phi) is 6.96. The van der Waals surface area contributed by atoms with Crippen LogP contribution >= 0.6 is 0 Å². The monoisotopic (exact) mass is 282 g/mol. The quantitative estimate of drug-likeness (QED) is 0.297. The highest BCUT2D eigenvalue weighted by molar-refractivity contribution is 5.88. The van der Waals surface area contributed by atoms with Gasteiger partial charge < -0.3 is 4.74 Å². The third-order valence-corrected chi connectivity index (χ3v) is 3.05. The van der Waals surface area contributed by atoms with Crippen LogP contribution in [0, 0.1) is 0 Å².